The molecule has 0 aliphatic carbocycles. The van der Waals surface area contributed by atoms with Crippen LogP contribution in [0.5, 0.6) is 11.5 Å². The molecule has 1 aromatic carbocycles. The molecule has 0 unspecified atom stereocenters. The van der Waals surface area contributed by atoms with E-state index in [1.165, 1.54) is 13.2 Å². The first-order valence-corrected chi connectivity index (χ1v) is 6.84. The third-order valence-electron chi connectivity index (χ3n) is 3.23. The second kappa shape index (κ2) is 7.79. The van der Waals surface area contributed by atoms with Gasteiger partial charge in [-0.1, -0.05) is 0 Å². The topological polar surface area (TPSA) is 69.3 Å². The van der Waals surface area contributed by atoms with Gasteiger partial charge >= 0.3 is 6.61 Å². The van der Waals surface area contributed by atoms with Crippen molar-refractivity contribution in [2.45, 2.75) is 13.2 Å². The first-order valence-electron chi connectivity index (χ1n) is 6.84. The van der Waals surface area contributed by atoms with Gasteiger partial charge in [0.05, 0.1) is 26.9 Å². The SMILES string of the molecule is COc1ccc(OC(F)F)c(CN=C(N)N2CCOCC2)c1. The molecule has 0 spiro atoms. The third kappa shape index (κ3) is 4.45. The van der Waals surface area contributed by atoms with Crippen molar-refractivity contribution in [2.75, 3.05) is 33.4 Å². The quantitative estimate of drug-likeness (QED) is 0.658. The Morgan fingerprint density at radius 3 is 2.77 bits per heavy atom. The number of guanidine groups is 1. The molecule has 0 amide bonds. The first kappa shape index (κ1) is 16.3. The summed E-state index contributed by atoms with van der Waals surface area (Å²) in [6.07, 6.45) is 0. The van der Waals surface area contributed by atoms with Gasteiger partial charge in [0, 0.05) is 18.7 Å². The van der Waals surface area contributed by atoms with Gasteiger partial charge in [-0.3, -0.25) is 0 Å². The molecule has 1 aliphatic heterocycles. The summed E-state index contributed by atoms with van der Waals surface area (Å²) in [5.41, 5.74) is 6.40. The van der Waals surface area contributed by atoms with Crippen molar-refractivity contribution in [3.05, 3.63) is 23.8 Å². The molecule has 1 fully saturated rings. The summed E-state index contributed by atoms with van der Waals surface area (Å²) in [5.74, 6) is 0.959. The Hall–Kier alpha value is -2.09. The van der Waals surface area contributed by atoms with Crippen molar-refractivity contribution < 1.29 is 23.0 Å². The summed E-state index contributed by atoms with van der Waals surface area (Å²) in [6.45, 7) is -0.262. The van der Waals surface area contributed by atoms with Crippen LogP contribution in [0.4, 0.5) is 8.78 Å². The van der Waals surface area contributed by atoms with Gasteiger partial charge in [-0.2, -0.15) is 8.78 Å². The van der Waals surface area contributed by atoms with Gasteiger partial charge in [0.15, 0.2) is 5.96 Å². The minimum absolute atomic E-state index is 0.0642. The van der Waals surface area contributed by atoms with Crippen LogP contribution in [-0.2, 0) is 11.3 Å². The molecule has 0 atom stereocenters. The van der Waals surface area contributed by atoms with E-state index in [1.54, 1.807) is 12.1 Å². The van der Waals surface area contributed by atoms with Gasteiger partial charge in [-0.15, -0.1) is 0 Å². The number of ether oxygens (including phenoxy) is 3. The molecule has 1 aromatic rings. The summed E-state index contributed by atoms with van der Waals surface area (Å²) in [6, 6.07) is 4.59. The molecule has 6 nitrogen and oxygen atoms in total. The molecule has 2 rings (SSSR count). The number of halogens is 2. The number of benzene rings is 1. The zero-order valence-electron chi connectivity index (χ0n) is 12.3. The number of methoxy groups -OCH3 is 1. The van der Waals surface area contributed by atoms with Crippen LogP contribution in [0.25, 0.3) is 0 Å². The second-order valence-electron chi connectivity index (χ2n) is 4.63. The molecule has 1 heterocycles. The molecule has 1 aliphatic rings. The van der Waals surface area contributed by atoms with Crippen LogP contribution in [0.2, 0.25) is 0 Å². The highest BCUT2D eigenvalue weighted by Gasteiger charge is 2.14. The Morgan fingerprint density at radius 2 is 2.14 bits per heavy atom. The minimum Gasteiger partial charge on any atom is -0.497 e. The third-order valence-corrected chi connectivity index (χ3v) is 3.23. The second-order valence-corrected chi connectivity index (χ2v) is 4.63. The number of nitrogens with two attached hydrogens (primary N) is 1. The Balaban J connectivity index is 2.12. The smallest absolute Gasteiger partial charge is 0.387 e. The lowest BCUT2D eigenvalue weighted by Crippen LogP contribution is -2.44. The van der Waals surface area contributed by atoms with Crippen LogP contribution in [0.15, 0.2) is 23.2 Å². The van der Waals surface area contributed by atoms with E-state index in [0.29, 0.717) is 43.6 Å². The number of alkyl halides is 2. The number of hydrogen-bond acceptors (Lipinski definition) is 4. The number of aliphatic imine (C=N–C) groups is 1. The monoisotopic (exact) mass is 315 g/mol. The summed E-state index contributed by atoms with van der Waals surface area (Å²) in [7, 11) is 1.50. The first-order chi connectivity index (χ1) is 10.6. The van der Waals surface area contributed by atoms with Gasteiger partial charge < -0.3 is 24.8 Å². The molecule has 2 N–H and O–H groups in total. The summed E-state index contributed by atoms with van der Waals surface area (Å²) < 4.78 is 39.7. The lowest BCUT2D eigenvalue weighted by atomic mass is 10.2. The van der Waals surface area contributed by atoms with E-state index >= 15 is 0 Å². The molecule has 0 radical (unpaired) electrons. The van der Waals surface area contributed by atoms with Crippen LogP contribution in [-0.4, -0.2) is 50.9 Å². The molecule has 0 bridgehead atoms. The summed E-state index contributed by atoms with van der Waals surface area (Å²) >= 11 is 0. The van der Waals surface area contributed by atoms with Crippen molar-refractivity contribution in [1.29, 1.82) is 0 Å². The number of morpholine rings is 1. The van der Waals surface area contributed by atoms with Crippen molar-refractivity contribution in [2.24, 2.45) is 10.7 Å². The number of nitrogens with zero attached hydrogens (tertiary/aromatic N) is 2. The minimum atomic E-state index is -2.90. The average Bonchev–Trinajstić information content (AvgIpc) is 2.54. The predicted molar refractivity (Wildman–Crippen MR) is 77.3 cm³/mol. The fraction of sp³-hybridized carbons (Fsp3) is 0.500. The molecule has 0 saturated carbocycles. The van der Waals surface area contributed by atoms with E-state index in [0.717, 1.165) is 0 Å². The van der Waals surface area contributed by atoms with Crippen LogP contribution in [0, 0.1) is 0 Å². The fourth-order valence-corrected chi connectivity index (χ4v) is 2.08. The zero-order chi connectivity index (χ0) is 15.9. The van der Waals surface area contributed by atoms with Gasteiger partial charge in [0.25, 0.3) is 0 Å². The lowest BCUT2D eigenvalue weighted by Gasteiger charge is -2.27. The Labute approximate surface area is 127 Å². The van der Waals surface area contributed by atoms with Gasteiger partial charge in [-0.25, -0.2) is 4.99 Å². The fourth-order valence-electron chi connectivity index (χ4n) is 2.08. The highest BCUT2D eigenvalue weighted by molar-refractivity contribution is 5.78. The molecule has 1 saturated heterocycles. The molecule has 122 valence electrons. The predicted octanol–water partition coefficient (Wildman–Crippen LogP) is 1.44. The van der Waals surface area contributed by atoms with E-state index in [2.05, 4.69) is 9.73 Å². The molecular weight excluding hydrogens is 296 g/mol. The van der Waals surface area contributed by atoms with Crippen molar-refractivity contribution in [3.63, 3.8) is 0 Å². The summed E-state index contributed by atoms with van der Waals surface area (Å²) in [4.78, 5) is 6.13. The van der Waals surface area contributed by atoms with Crippen LogP contribution >= 0.6 is 0 Å². The molecule has 22 heavy (non-hydrogen) atoms. The maximum atomic E-state index is 12.4. The van der Waals surface area contributed by atoms with Crippen molar-refractivity contribution in [3.8, 4) is 11.5 Å². The summed E-state index contributed by atoms with van der Waals surface area (Å²) in [5, 5.41) is 0. The van der Waals surface area contributed by atoms with Crippen LogP contribution < -0.4 is 15.2 Å². The molecular formula is C14H19F2N3O3. The Kier molecular flexibility index (Phi) is 5.76. The van der Waals surface area contributed by atoms with Gasteiger partial charge in [-0.05, 0) is 18.2 Å². The highest BCUT2D eigenvalue weighted by atomic mass is 19.3. The van der Waals surface area contributed by atoms with E-state index in [4.69, 9.17) is 15.2 Å². The highest BCUT2D eigenvalue weighted by Crippen LogP contribution is 2.26. The number of hydrogen-bond donors (Lipinski definition) is 1. The largest absolute Gasteiger partial charge is 0.497 e. The Morgan fingerprint density at radius 1 is 1.41 bits per heavy atom. The average molecular weight is 315 g/mol. The standard InChI is InChI=1S/C14H19F2N3O3/c1-20-11-2-3-12(22-13(15)16)10(8-11)9-18-14(17)19-4-6-21-7-5-19/h2-3,8,13H,4-7,9H2,1H3,(H2,17,18). The molecule has 0 aromatic heterocycles. The van der Waals surface area contributed by atoms with Crippen LogP contribution in [0.1, 0.15) is 5.56 Å². The van der Waals surface area contributed by atoms with E-state index in [1.807, 2.05) is 4.90 Å². The maximum absolute atomic E-state index is 12.4. The van der Waals surface area contributed by atoms with E-state index < -0.39 is 6.61 Å². The lowest BCUT2D eigenvalue weighted by molar-refractivity contribution is -0.0504. The van der Waals surface area contributed by atoms with Gasteiger partial charge in [0.2, 0.25) is 0 Å². The number of rotatable bonds is 5. The zero-order valence-corrected chi connectivity index (χ0v) is 12.3. The van der Waals surface area contributed by atoms with E-state index in [9.17, 15) is 8.78 Å². The maximum Gasteiger partial charge on any atom is 0.387 e. The van der Waals surface area contributed by atoms with E-state index in [-0.39, 0.29) is 12.3 Å². The van der Waals surface area contributed by atoms with Crippen LogP contribution in [0.3, 0.4) is 0 Å². The van der Waals surface area contributed by atoms with Crippen molar-refractivity contribution in [1.82, 2.24) is 4.90 Å². The van der Waals surface area contributed by atoms with Crippen molar-refractivity contribution >= 4 is 5.96 Å². The Bertz CT molecular complexity index is 520. The van der Waals surface area contributed by atoms with Gasteiger partial charge in [0.1, 0.15) is 11.5 Å². The molecule has 8 heteroatoms. The normalized spacial score (nSPS) is 16.0.